The Labute approximate surface area is 113 Å². The van der Waals surface area contributed by atoms with Crippen molar-refractivity contribution in [1.29, 1.82) is 0 Å². The zero-order valence-corrected chi connectivity index (χ0v) is 10.7. The SMILES string of the molecule is CCCC(C(=O)Nc1cc(F)cc(F)c1F)C(N)=NO. The van der Waals surface area contributed by atoms with E-state index < -0.39 is 35.0 Å². The predicted octanol–water partition coefficient (Wildman–Crippen LogP) is 2.21. The average molecular weight is 289 g/mol. The number of nitrogens with zero attached hydrogens (tertiary/aromatic N) is 1. The third-order valence-electron chi connectivity index (χ3n) is 2.62. The molecule has 0 bridgehead atoms. The molecule has 0 spiro atoms. The molecule has 0 aliphatic rings. The smallest absolute Gasteiger partial charge is 0.235 e. The van der Waals surface area contributed by atoms with E-state index in [0.29, 0.717) is 18.6 Å². The van der Waals surface area contributed by atoms with E-state index in [1.54, 1.807) is 6.92 Å². The number of rotatable bonds is 5. The number of benzene rings is 1. The third-order valence-corrected chi connectivity index (χ3v) is 2.62. The fourth-order valence-electron chi connectivity index (χ4n) is 1.64. The van der Waals surface area contributed by atoms with Gasteiger partial charge in [-0.15, -0.1) is 0 Å². The van der Waals surface area contributed by atoms with Crippen molar-refractivity contribution >= 4 is 17.4 Å². The summed E-state index contributed by atoms with van der Waals surface area (Å²) in [6.45, 7) is 1.76. The highest BCUT2D eigenvalue weighted by Crippen LogP contribution is 2.20. The number of oxime groups is 1. The van der Waals surface area contributed by atoms with Crippen LogP contribution in [0.1, 0.15) is 19.8 Å². The van der Waals surface area contributed by atoms with Gasteiger partial charge < -0.3 is 16.3 Å². The fourth-order valence-corrected chi connectivity index (χ4v) is 1.64. The first kappa shape index (κ1) is 15.8. The second-order valence-corrected chi connectivity index (χ2v) is 4.10. The van der Waals surface area contributed by atoms with Crippen molar-refractivity contribution in [3.05, 3.63) is 29.6 Å². The van der Waals surface area contributed by atoms with Crippen LogP contribution >= 0.6 is 0 Å². The summed E-state index contributed by atoms with van der Waals surface area (Å²) in [5, 5.41) is 13.3. The van der Waals surface area contributed by atoms with E-state index in [1.165, 1.54) is 0 Å². The van der Waals surface area contributed by atoms with Crippen LogP contribution in [-0.4, -0.2) is 17.0 Å². The first-order valence-corrected chi connectivity index (χ1v) is 5.83. The fraction of sp³-hybridized carbons (Fsp3) is 0.333. The monoisotopic (exact) mass is 289 g/mol. The van der Waals surface area contributed by atoms with Crippen LogP contribution in [0.2, 0.25) is 0 Å². The van der Waals surface area contributed by atoms with Gasteiger partial charge in [0.25, 0.3) is 0 Å². The average Bonchev–Trinajstić information content (AvgIpc) is 2.40. The Morgan fingerprint density at radius 3 is 2.65 bits per heavy atom. The maximum atomic E-state index is 13.4. The topological polar surface area (TPSA) is 87.7 Å². The van der Waals surface area contributed by atoms with E-state index in [4.69, 9.17) is 10.9 Å². The van der Waals surface area contributed by atoms with E-state index >= 15 is 0 Å². The van der Waals surface area contributed by atoms with Crippen molar-refractivity contribution in [3.63, 3.8) is 0 Å². The lowest BCUT2D eigenvalue weighted by Crippen LogP contribution is -2.35. The van der Waals surface area contributed by atoms with Crippen LogP contribution in [0.25, 0.3) is 0 Å². The molecule has 110 valence electrons. The molecule has 0 aliphatic heterocycles. The third kappa shape index (κ3) is 3.62. The molecule has 1 aromatic rings. The minimum absolute atomic E-state index is 0.237. The van der Waals surface area contributed by atoms with Gasteiger partial charge in [0.2, 0.25) is 5.91 Å². The van der Waals surface area contributed by atoms with Crippen molar-refractivity contribution < 1.29 is 23.2 Å². The summed E-state index contributed by atoms with van der Waals surface area (Å²) >= 11 is 0. The van der Waals surface area contributed by atoms with Crippen LogP contribution in [0.15, 0.2) is 17.3 Å². The highest BCUT2D eigenvalue weighted by Gasteiger charge is 2.24. The standard InChI is InChI=1S/C12H14F3N3O2/c1-2-3-7(11(16)18-20)12(19)17-9-5-6(13)4-8(14)10(9)15/h4-5,7,20H,2-3H2,1H3,(H2,16,18)(H,17,19). The van der Waals surface area contributed by atoms with Gasteiger partial charge in [0, 0.05) is 12.1 Å². The number of nitrogens with two attached hydrogens (primary N) is 1. The second-order valence-electron chi connectivity index (χ2n) is 4.10. The summed E-state index contributed by atoms with van der Waals surface area (Å²) in [6, 6.07) is 1.00. The normalized spacial score (nSPS) is 13.1. The Kier molecular flexibility index (Phi) is 5.36. The largest absolute Gasteiger partial charge is 0.409 e. The second kappa shape index (κ2) is 6.78. The lowest BCUT2D eigenvalue weighted by atomic mass is 10.0. The lowest BCUT2D eigenvalue weighted by molar-refractivity contribution is -0.118. The van der Waals surface area contributed by atoms with Gasteiger partial charge in [0.05, 0.1) is 11.6 Å². The van der Waals surface area contributed by atoms with Crippen molar-refractivity contribution in [2.24, 2.45) is 16.8 Å². The molecule has 0 radical (unpaired) electrons. The van der Waals surface area contributed by atoms with E-state index in [0.717, 1.165) is 0 Å². The maximum Gasteiger partial charge on any atom is 0.235 e. The zero-order valence-electron chi connectivity index (χ0n) is 10.7. The molecule has 0 aromatic heterocycles. The summed E-state index contributed by atoms with van der Waals surface area (Å²) in [5.41, 5.74) is 4.71. The molecule has 0 heterocycles. The van der Waals surface area contributed by atoms with Crippen LogP contribution in [-0.2, 0) is 4.79 Å². The van der Waals surface area contributed by atoms with Crippen LogP contribution in [0.5, 0.6) is 0 Å². The zero-order chi connectivity index (χ0) is 15.3. The predicted molar refractivity (Wildman–Crippen MR) is 66.8 cm³/mol. The quantitative estimate of drug-likeness (QED) is 0.255. The summed E-state index contributed by atoms with van der Waals surface area (Å²) in [4.78, 5) is 11.9. The molecule has 0 saturated carbocycles. The molecule has 20 heavy (non-hydrogen) atoms. The molecule has 0 fully saturated rings. The van der Waals surface area contributed by atoms with Crippen molar-refractivity contribution in [1.82, 2.24) is 0 Å². The molecule has 0 saturated heterocycles. The summed E-state index contributed by atoms with van der Waals surface area (Å²) < 4.78 is 39.4. The number of nitrogens with one attached hydrogen (secondary N) is 1. The molecule has 1 unspecified atom stereocenters. The first-order chi connectivity index (χ1) is 9.40. The van der Waals surface area contributed by atoms with Gasteiger partial charge >= 0.3 is 0 Å². The number of hydrogen-bond acceptors (Lipinski definition) is 3. The van der Waals surface area contributed by atoms with Crippen LogP contribution < -0.4 is 11.1 Å². The summed E-state index contributed by atoms with van der Waals surface area (Å²) in [5.74, 6) is -6.02. The minimum Gasteiger partial charge on any atom is -0.409 e. The number of amides is 1. The molecule has 1 amide bonds. The summed E-state index contributed by atoms with van der Waals surface area (Å²) in [6.07, 6.45) is 0.773. The molecule has 5 nitrogen and oxygen atoms in total. The molecule has 4 N–H and O–H groups in total. The van der Waals surface area contributed by atoms with E-state index in [9.17, 15) is 18.0 Å². The van der Waals surface area contributed by atoms with Crippen LogP contribution in [0, 0.1) is 23.4 Å². The highest BCUT2D eigenvalue weighted by atomic mass is 19.2. The Balaban J connectivity index is 2.99. The first-order valence-electron chi connectivity index (χ1n) is 5.83. The highest BCUT2D eigenvalue weighted by molar-refractivity contribution is 6.07. The van der Waals surface area contributed by atoms with Gasteiger partial charge in [-0.1, -0.05) is 18.5 Å². The van der Waals surface area contributed by atoms with E-state index in [-0.39, 0.29) is 12.3 Å². The Hall–Kier alpha value is -2.25. The van der Waals surface area contributed by atoms with Crippen LogP contribution in [0.3, 0.4) is 0 Å². The number of hydrogen-bond donors (Lipinski definition) is 3. The Morgan fingerprint density at radius 1 is 1.45 bits per heavy atom. The van der Waals surface area contributed by atoms with Gasteiger partial charge in [-0.2, -0.15) is 0 Å². The number of carbonyl (C=O) groups is 1. The van der Waals surface area contributed by atoms with Gasteiger partial charge in [0.15, 0.2) is 17.5 Å². The van der Waals surface area contributed by atoms with Crippen molar-refractivity contribution in [3.8, 4) is 0 Å². The van der Waals surface area contributed by atoms with E-state index in [2.05, 4.69) is 5.16 Å². The van der Waals surface area contributed by atoms with Crippen molar-refractivity contribution in [2.45, 2.75) is 19.8 Å². The summed E-state index contributed by atoms with van der Waals surface area (Å²) in [7, 11) is 0. The van der Waals surface area contributed by atoms with Crippen molar-refractivity contribution in [2.75, 3.05) is 5.32 Å². The van der Waals surface area contributed by atoms with Gasteiger partial charge in [0.1, 0.15) is 5.82 Å². The number of carbonyl (C=O) groups excluding carboxylic acids is 1. The van der Waals surface area contributed by atoms with Gasteiger partial charge in [-0.05, 0) is 6.42 Å². The number of amidine groups is 1. The van der Waals surface area contributed by atoms with Gasteiger partial charge in [-0.3, -0.25) is 4.79 Å². The maximum absolute atomic E-state index is 13.4. The lowest BCUT2D eigenvalue weighted by Gasteiger charge is -2.15. The number of anilines is 1. The Bertz CT molecular complexity index is 535. The Morgan fingerprint density at radius 2 is 2.10 bits per heavy atom. The molecular weight excluding hydrogens is 275 g/mol. The molecule has 1 rings (SSSR count). The van der Waals surface area contributed by atoms with Gasteiger partial charge in [-0.25, -0.2) is 13.2 Å². The molecule has 0 aliphatic carbocycles. The molecular formula is C12H14F3N3O2. The molecule has 8 heteroatoms. The van der Waals surface area contributed by atoms with Crippen LogP contribution in [0.4, 0.5) is 18.9 Å². The number of halogens is 3. The molecule has 1 aromatic carbocycles. The van der Waals surface area contributed by atoms with E-state index in [1.807, 2.05) is 5.32 Å². The molecule has 1 atom stereocenters. The minimum atomic E-state index is -1.42.